The number of aryl methyl sites for hydroxylation is 2. The van der Waals surface area contributed by atoms with Crippen LogP contribution in [0.5, 0.6) is 5.75 Å². The van der Waals surface area contributed by atoms with Crippen molar-refractivity contribution < 1.29 is 14.3 Å². The van der Waals surface area contributed by atoms with Gasteiger partial charge >= 0.3 is 5.63 Å². The summed E-state index contributed by atoms with van der Waals surface area (Å²) < 4.78 is 5.38. The van der Waals surface area contributed by atoms with E-state index < -0.39 is 5.63 Å². The predicted octanol–water partition coefficient (Wildman–Crippen LogP) is 3.08. The number of aromatic nitrogens is 1. The van der Waals surface area contributed by atoms with Gasteiger partial charge in [0, 0.05) is 23.6 Å². The highest BCUT2D eigenvalue weighted by molar-refractivity contribution is 5.91. The Hall–Kier alpha value is -3.15. The summed E-state index contributed by atoms with van der Waals surface area (Å²) in [5.41, 5.74) is 2.44. The number of rotatable bonds is 4. The molecule has 2 N–H and O–H groups in total. The molecule has 0 aliphatic carbocycles. The van der Waals surface area contributed by atoms with Crippen LogP contribution in [0.4, 0.5) is 5.82 Å². The Bertz CT molecular complexity index is 1010. The van der Waals surface area contributed by atoms with Gasteiger partial charge in [-0.1, -0.05) is 12.1 Å². The fourth-order valence-electron chi connectivity index (χ4n) is 2.72. The lowest BCUT2D eigenvalue weighted by Gasteiger charge is -2.09. The van der Waals surface area contributed by atoms with Crippen LogP contribution in [0.3, 0.4) is 0 Å². The Balaban J connectivity index is 1.79. The number of carbonyl (C=O) groups excluding carboxylic acids is 1. The number of fused-ring (bicyclic) bond motifs is 1. The fourth-order valence-corrected chi connectivity index (χ4v) is 2.72. The highest BCUT2D eigenvalue weighted by Crippen LogP contribution is 2.22. The predicted molar refractivity (Wildman–Crippen MR) is 94.8 cm³/mol. The molecule has 0 aliphatic heterocycles. The maximum atomic E-state index is 12.2. The van der Waals surface area contributed by atoms with Crippen LogP contribution in [0.1, 0.15) is 23.1 Å². The van der Waals surface area contributed by atoms with Gasteiger partial charge in [0.05, 0.1) is 0 Å². The summed E-state index contributed by atoms with van der Waals surface area (Å²) in [6.07, 6.45) is 1.80. The van der Waals surface area contributed by atoms with Crippen molar-refractivity contribution in [3.8, 4) is 5.75 Å². The van der Waals surface area contributed by atoms with E-state index in [1.807, 2.05) is 32.0 Å². The molecule has 0 aliphatic rings. The second-order valence-electron chi connectivity index (χ2n) is 5.91. The molecule has 0 atom stereocenters. The first-order valence-corrected chi connectivity index (χ1v) is 7.92. The molecule has 1 amide bonds. The molecule has 128 valence electrons. The first kappa shape index (κ1) is 16.7. The highest BCUT2D eigenvalue weighted by Gasteiger charge is 2.14. The van der Waals surface area contributed by atoms with Gasteiger partial charge in [0.2, 0.25) is 5.91 Å². The normalized spacial score (nSPS) is 10.8. The van der Waals surface area contributed by atoms with Crippen LogP contribution in [-0.4, -0.2) is 16.0 Å². The van der Waals surface area contributed by atoms with Crippen LogP contribution in [-0.2, 0) is 11.2 Å². The first-order valence-electron chi connectivity index (χ1n) is 7.92. The van der Waals surface area contributed by atoms with Crippen molar-refractivity contribution in [3.05, 3.63) is 63.6 Å². The third-order valence-corrected chi connectivity index (χ3v) is 4.09. The summed E-state index contributed by atoms with van der Waals surface area (Å²) in [6, 6.07) is 8.70. The fraction of sp³-hybridized carbons (Fsp3) is 0.211. The van der Waals surface area contributed by atoms with E-state index in [4.69, 9.17) is 4.42 Å². The molecule has 0 saturated carbocycles. The zero-order valence-corrected chi connectivity index (χ0v) is 14.0. The lowest BCUT2D eigenvalue weighted by molar-refractivity contribution is -0.116. The van der Waals surface area contributed by atoms with Crippen LogP contribution in [0.2, 0.25) is 0 Å². The van der Waals surface area contributed by atoms with Crippen molar-refractivity contribution in [2.24, 2.45) is 0 Å². The lowest BCUT2D eigenvalue weighted by atomic mass is 10.0. The second-order valence-corrected chi connectivity index (χ2v) is 5.91. The Labute approximate surface area is 144 Å². The summed E-state index contributed by atoms with van der Waals surface area (Å²) >= 11 is 0. The van der Waals surface area contributed by atoms with Crippen LogP contribution >= 0.6 is 0 Å². The van der Waals surface area contributed by atoms with Gasteiger partial charge in [-0.15, -0.1) is 0 Å². The highest BCUT2D eigenvalue weighted by atomic mass is 16.4. The largest absolute Gasteiger partial charge is 0.504 e. The van der Waals surface area contributed by atoms with Gasteiger partial charge in [-0.3, -0.25) is 4.79 Å². The van der Waals surface area contributed by atoms with Gasteiger partial charge in [0.15, 0.2) is 11.6 Å². The van der Waals surface area contributed by atoms with Crippen molar-refractivity contribution in [2.45, 2.75) is 26.7 Å². The Morgan fingerprint density at radius 3 is 2.84 bits per heavy atom. The summed E-state index contributed by atoms with van der Waals surface area (Å²) in [4.78, 5) is 28.2. The molecule has 6 heteroatoms. The zero-order valence-electron chi connectivity index (χ0n) is 14.0. The van der Waals surface area contributed by atoms with E-state index in [0.717, 1.165) is 16.5 Å². The zero-order chi connectivity index (χ0) is 18.0. The Morgan fingerprint density at radius 2 is 2.08 bits per heavy atom. The molecule has 1 aromatic carbocycles. The van der Waals surface area contributed by atoms with Crippen LogP contribution in [0.25, 0.3) is 11.0 Å². The van der Waals surface area contributed by atoms with Crippen molar-refractivity contribution in [1.82, 2.24) is 4.98 Å². The van der Waals surface area contributed by atoms with Crippen molar-refractivity contribution in [3.63, 3.8) is 0 Å². The topological polar surface area (TPSA) is 92.4 Å². The van der Waals surface area contributed by atoms with Crippen LogP contribution < -0.4 is 10.9 Å². The van der Waals surface area contributed by atoms with Crippen molar-refractivity contribution >= 4 is 22.7 Å². The summed E-state index contributed by atoms with van der Waals surface area (Å²) in [5.74, 6) is -0.338. The van der Waals surface area contributed by atoms with Gasteiger partial charge in [0.1, 0.15) is 5.58 Å². The van der Waals surface area contributed by atoms with Crippen LogP contribution in [0.15, 0.2) is 45.7 Å². The number of nitrogens with zero attached hydrogens (tertiary/aromatic N) is 1. The molecule has 0 radical (unpaired) electrons. The first-order chi connectivity index (χ1) is 12.0. The summed E-state index contributed by atoms with van der Waals surface area (Å²) in [5, 5.41) is 13.0. The SMILES string of the molecule is Cc1ccc2c(C)c(CCC(=O)Nc3ncccc3O)c(=O)oc2c1. The van der Waals surface area contributed by atoms with Crippen LogP contribution in [0, 0.1) is 13.8 Å². The number of benzene rings is 1. The number of nitrogens with one attached hydrogen (secondary N) is 1. The monoisotopic (exact) mass is 338 g/mol. The van der Waals surface area contributed by atoms with Gasteiger partial charge in [0.25, 0.3) is 0 Å². The van der Waals surface area contributed by atoms with E-state index in [9.17, 15) is 14.7 Å². The molecule has 3 rings (SSSR count). The smallest absolute Gasteiger partial charge is 0.339 e. The average molecular weight is 338 g/mol. The molecule has 6 nitrogen and oxygen atoms in total. The van der Waals surface area contributed by atoms with Gasteiger partial charge in [-0.25, -0.2) is 9.78 Å². The van der Waals surface area contributed by atoms with Crippen molar-refractivity contribution in [1.29, 1.82) is 0 Å². The molecule has 2 heterocycles. The van der Waals surface area contributed by atoms with E-state index in [1.165, 1.54) is 12.3 Å². The second kappa shape index (κ2) is 6.76. The molecule has 25 heavy (non-hydrogen) atoms. The standard InChI is InChI=1S/C19H18N2O4/c1-11-5-6-13-12(2)14(19(24)25-16(13)10-11)7-8-17(23)21-18-15(22)4-3-9-20-18/h3-6,9-10,22H,7-8H2,1-2H3,(H,20,21,23). The maximum absolute atomic E-state index is 12.2. The molecule has 0 unspecified atom stereocenters. The molecule has 0 spiro atoms. The molecular formula is C19H18N2O4. The molecular weight excluding hydrogens is 320 g/mol. The minimum atomic E-state index is -0.427. The lowest BCUT2D eigenvalue weighted by Crippen LogP contribution is -2.17. The van der Waals surface area contributed by atoms with E-state index in [-0.39, 0.29) is 30.3 Å². The summed E-state index contributed by atoms with van der Waals surface area (Å²) in [6.45, 7) is 3.78. The number of amides is 1. The maximum Gasteiger partial charge on any atom is 0.339 e. The number of anilines is 1. The van der Waals surface area contributed by atoms with E-state index in [2.05, 4.69) is 10.3 Å². The van der Waals surface area contributed by atoms with Gasteiger partial charge in [-0.05, 0) is 49.6 Å². The Kier molecular flexibility index (Phi) is 4.52. The van der Waals surface area contributed by atoms with Gasteiger partial charge in [-0.2, -0.15) is 0 Å². The minimum Gasteiger partial charge on any atom is -0.504 e. The third kappa shape index (κ3) is 3.52. The van der Waals surface area contributed by atoms with E-state index >= 15 is 0 Å². The number of hydrogen-bond acceptors (Lipinski definition) is 5. The number of hydrogen-bond donors (Lipinski definition) is 2. The molecule has 0 fully saturated rings. The van der Waals surface area contributed by atoms with E-state index in [1.54, 1.807) is 6.07 Å². The number of carbonyl (C=O) groups is 1. The molecule has 3 aromatic rings. The Morgan fingerprint density at radius 1 is 1.28 bits per heavy atom. The number of aromatic hydroxyl groups is 1. The number of pyridine rings is 1. The average Bonchev–Trinajstić information content (AvgIpc) is 2.56. The van der Waals surface area contributed by atoms with Crippen molar-refractivity contribution in [2.75, 3.05) is 5.32 Å². The van der Waals surface area contributed by atoms with E-state index in [0.29, 0.717) is 11.1 Å². The summed E-state index contributed by atoms with van der Waals surface area (Å²) in [7, 11) is 0. The molecule has 0 saturated heterocycles. The molecule has 2 aromatic heterocycles. The van der Waals surface area contributed by atoms with Gasteiger partial charge < -0.3 is 14.8 Å². The molecule has 0 bridgehead atoms. The minimum absolute atomic E-state index is 0.0823. The quantitative estimate of drug-likeness (QED) is 0.713. The third-order valence-electron chi connectivity index (χ3n) is 4.09.